The average Bonchev–Trinajstić information content (AvgIpc) is 2.34. The van der Waals surface area contributed by atoms with E-state index in [1.165, 1.54) is 0 Å². The Bertz CT molecular complexity index is 138. The molecule has 1 aliphatic heterocycles. The summed E-state index contributed by atoms with van der Waals surface area (Å²) in [5, 5.41) is 0. The van der Waals surface area contributed by atoms with Crippen LogP contribution in [-0.2, 0) is 4.79 Å². The van der Waals surface area contributed by atoms with Gasteiger partial charge in [-0.25, -0.2) is 0 Å². The molecule has 1 saturated heterocycles. The third kappa shape index (κ3) is 1.70. The molecule has 1 atom stereocenters. The molecule has 0 N–H and O–H groups in total. The Morgan fingerprint density at radius 3 is 2.90 bits per heavy atom. The Kier molecular flexibility index (Phi) is 2.69. The minimum Gasteiger partial charge on any atom is -0.298 e. The van der Waals surface area contributed by atoms with Gasteiger partial charge in [0.15, 0.2) is 0 Å². The summed E-state index contributed by atoms with van der Waals surface area (Å²) in [6, 6.07) is 0. The Morgan fingerprint density at radius 2 is 2.50 bits per heavy atom. The second-order valence-corrected chi connectivity index (χ2v) is 2.99. The largest absolute Gasteiger partial charge is 0.298 e. The smallest absolute Gasteiger partial charge is 0.148 e. The fourth-order valence-corrected chi connectivity index (χ4v) is 1.24. The quantitative estimate of drug-likeness (QED) is 0.445. The Balaban J connectivity index is 2.36. The molecule has 2 nitrogen and oxygen atoms in total. The molecular weight excluding hydrogens is 150 g/mol. The van der Waals surface area contributed by atoms with Crippen LogP contribution in [0.4, 0.5) is 0 Å². The highest BCUT2D eigenvalue weighted by Crippen LogP contribution is 2.13. The lowest BCUT2D eigenvalue weighted by molar-refractivity contribution is -0.116. The molecule has 0 spiro atoms. The number of hydrogen-bond acceptors (Lipinski definition) is 2. The van der Waals surface area contributed by atoms with Crippen molar-refractivity contribution in [3.8, 4) is 0 Å². The molecule has 0 aliphatic carbocycles. The van der Waals surface area contributed by atoms with Crippen molar-refractivity contribution in [1.82, 2.24) is 4.90 Å². The third-order valence-electron chi connectivity index (χ3n) is 1.69. The molecule has 57 valence electrons. The number of likely N-dealkylation sites (tertiary alicyclic amines) is 1. The van der Waals surface area contributed by atoms with Gasteiger partial charge in [0.2, 0.25) is 0 Å². The van der Waals surface area contributed by atoms with Gasteiger partial charge in [-0.2, -0.15) is 0 Å². The van der Waals surface area contributed by atoms with Crippen LogP contribution in [0.25, 0.3) is 0 Å². The van der Waals surface area contributed by atoms with E-state index in [0.717, 1.165) is 6.54 Å². The Morgan fingerprint density at radius 1 is 1.80 bits per heavy atom. The monoisotopic (exact) mass is 160 g/mol. The number of alkyl halides is 1. The summed E-state index contributed by atoms with van der Waals surface area (Å²) in [6.45, 7) is 5.00. The molecule has 3 heteroatoms. The maximum absolute atomic E-state index is 10.8. The van der Waals surface area contributed by atoms with Crippen LogP contribution in [0.5, 0.6) is 0 Å². The lowest BCUT2D eigenvalue weighted by Gasteiger charge is -2.18. The number of halogens is 1. The zero-order valence-electron chi connectivity index (χ0n) is 5.85. The first-order valence-corrected chi connectivity index (χ1v) is 3.86. The first kappa shape index (κ1) is 8.02. The first-order valence-electron chi connectivity index (χ1n) is 3.43. The van der Waals surface area contributed by atoms with Crippen molar-refractivity contribution in [2.75, 3.05) is 13.1 Å². The van der Waals surface area contributed by atoms with Gasteiger partial charge in [0.1, 0.15) is 5.78 Å². The summed E-state index contributed by atoms with van der Waals surface area (Å²) < 4.78 is 0. The van der Waals surface area contributed by atoms with E-state index in [9.17, 15) is 4.79 Å². The van der Waals surface area contributed by atoms with Crippen LogP contribution in [0.3, 0.4) is 0 Å². The molecule has 0 bridgehead atoms. The van der Waals surface area contributed by atoms with Crippen LogP contribution in [0.15, 0.2) is 0 Å². The van der Waals surface area contributed by atoms with E-state index in [2.05, 4.69) is 6.92 Å². The van der Waals surface area contributed by atoms with Gasteiger partial charge >= 0.3 is 0 Å². The summed E-state index contributed by atoms with van der Waals surface area (Å²) >= 11 is 5.85. The highest BCUT2D eigenvalue weighted by atomic mass is 35.5. The van der Waals surface area contributed by atoms with E-state index in [1.807, 2.05) is 4.90 Å². The van der Waals surface area contributed by atoms with E-state index < -0.39 is 0 Å². The van der Waals surface area contributed by atoms with Crippen molar-refractivity contribution in [1.29, 1.82) is 0 Å². The second-order valence-electron chi connectivity index (χ2n) is 2.48. The minimum atomic E-state index is -0.0496. The second kappa shape index (κ2) is 3.35. The van der Waals surface area contributed by atoms with Crippen LogP contribution in [0, 0.1) is 6.92 Å². The summed E-state index contributed by atoms with van der Waals surface area (Å²) in [5.74, 6) is 0.291. The normalized spacial score (nSPS) is 23.6. The zero-order valence-corrected chi connectivity index (χ0v) is 6.60. The van der Waals surface area contributed by atoms with Crippen LogP contribution >= 0.6 is 11.6 Å². The SMILES string of the molecule is [CH2]CC(Cl)N1CCC(=O)C1. The number of nitrogens with zero attached hydrogens (tertiary/aromatic N) is 1. The molecule has 1 unspecified atom stereocenters. The van der Waals surface area contributed by atoms with Gasteiger partial charge < -0.3 is 0 Å². The number of ketones is 1. The Labute approximate surface area is 66.1 Å². The van der Waals surface area contributed by atoms with Crippen molar-refractivity contribution in [2.24, 2.45) is 0 Å². The first-order chi connectivity index (χ1) is 4.74. The van der Waals surface area contributed by atoms with E-state index in [0.29, 0.717) is 25.2 Å². The number of carbonyl (C=O) groups excluding carboxylic acids is 1. The van der Waals surface area contributed by atoms with Gasteiger partial charge in [0.25, 0.3) is 0 Å². The highest BCUT2D eigenvalue weighted by molar-refractivity contribution is 6.20. The molecule has 10 heavy (non-hydrogen) atoms. The van der Waals surface area contributed by atoms with Gasteiger partial charge in [-0.3, -0.25) is 9.69 Å². The molecule has 0 saturated carbocycles. The lowest BCUT2D eigenvalue weighted by atomic mass is 10.4. The maximum atomic E-state index is 10.8. The predicted molar refractivity (Wildman–Crippen MR) is 40.8 cm³/mol. The Hall–Kier alpha value is -0.0800. The predicted octanol–water partition coefficient (Wildman–Crippen LogP) is 1.05. The van der Waals surface area contributed by atoms with Crippen molar-refractivity contribution in [3.05, 3.63) is 6.92 Å². The topological polar surface area (TPSA) is 20.3 Å². The van der Waals surface area contributed by atoms with Gasteiger partial charge in [-0.1, -0.05) is 6.92 Å². The zero-order chi connectivity index (χ0) is 7.56. The van der Waals surface area contributed by atoms with Gasteiger partial charge in [-0.15, -0.1) is 11.6 Å². The highest BCUT2D eigenvalue weighted by Gasteiger charge is 2.23. The van der Waals surface area contributed by atoms with E-state index in [-0.39, 0.29) is 5.50 Å². The van der Waals surface area contributed by atoms with Crippen molar-refractivity contribution < 1.29 is 4.79 Å². The van der Waals surface area contributed by atoms with Crippen molar-refractivity contribution in [3.63, 3.8) is 0 Å². The standard InChI is InChI=1S/C7H11ClNO/c1-2-7(8)9-4-3-6(10)5-9/h7H,1-5H2. The minimum absolute atomic E-state index is 0.0496. The fourth-order valence-electron chi connectivity index (χ4n) is 1.07. The summed E-state index contributed by atoms with van der Waals surface area (Å²) in [7, 11) is 0. The molecule has 1 heterocycles. The number of Topliss-reactive ketones (excluding diaryl/α,β-unsaturated/α-hetero) is 1. The lowest BCUT2D eigenvalue weighted by Crippen LogP contribution is -2.28. The molecule has 1 fully saturated rings. The number of carbonyl (C=O) groups is 1. The molecule has 0 aromatic rings. The van der Waals surface area contributed by atoms with Crippen molar-refractivity contribution >= 4 is 17.4 Å². The van der Waals surface area contributed by atoms with E-state index in [1.54, 1.807) is 0 Å². The summed E-state index contributed by atoms with van der Waals surface area (Å²) in [6.07, 6.45) is 1.32. The fraction of sp³-hybridized carbons (Fsp3) is 0.714. The van der Waals surface area contributed by atoms with Gasteiger partial charge in [0, 0.05) is 13.0 Å². The van der Waals surface area contributed by atoms with E-state index >= 15 is 0 Å². The number of rotatable bonds is 2. The summed E-state index contributed by atoms with van der Waals surface area (Å²) in [4.78, 5) is 12.7. The maximum Gasteiger partial charge on any atom is 0.148 e. The van der Waals surface area contributed by atoms with E-state index in [4.69, 9.17) is 11.6 Å². The van der Waals surface area contributed by atoms with Gasteiger partial charge in [-0.05, 0) is 6.42 Å². The number of hydrogen-bond donors (Lipinski definition) is 0. The molecule has 1 rings (SSSR count). The van der Waals surface area contributed by atoms with Gasteiger partial charge in [0.05, 0.1) is 12.0 Å². The van der Waals surface area contributed by atoms with Crippen LogP contribution in [0.2, 0.25) is 0 Å². The molecule has 1 radical (unpaired) electrons. The van der Waals surface area contributed by atoms with Crippen LogP contribution in [0.1, 0.15) is 12.8 Å². The van der Waals surface area contributed by atoms with Crippen LogP contribution < -0.4 is 0 Å². The molecule has 0 aromatic carbocycles. The molecular formula is C7H11ClNO. The molecule has 0 aromatic heterocycles. The molecule has 0 amide bonds. The third-order valence-corrected chi connectivity index (χ3v) is 2.19. The summed E-state index contributed by atoms with van der Waals surface area (Å²) in [5.41, 5.74) is -0.0496. The average molecular weight is 161 g/mol. The van der Waals surface area contributed by atoms with Crippen molar-refractivity contribution in [2.45, 2.75) is 18.3 Å². The molecule has 1 aliphatic rings. The van der Waals surface area contributed by atoms with Crippen LogP contribution in [-0.4, -0.2) is 29.3 Å².